The van der Waals surface area contributed by atoms with Crippen molar-refractivity contribution < 1.29 is 13.6 Å². The Bertz CT molecular complexity index is 798. The first-order chi connectivity index (χ1) is 12.5. The van der Waals surface area contributed by atoms with Crippen LogP contribution in [-0.4, -0.2) is 35.0 Å². The minimum atomic E-state index is -0.940. The van der Waals surface area contributed by atoms with Crippen LogP contribution in [0.4, 0.5) is 14.6 Å². The summed E-state index contributed by atoms with van der Waals surface area (Å²) < 4.78 is 26.8. The maximum absolute atomic E-state index is 13.5. The molecule has 0 aliphatic carbocycles. The highest BCUT2D eigenvalue weighted by Crippen LogP contribution is 2.24. The van der Waals surface area contributed by atoms with Crippen molar-refractivity contribution in [3.05, 3.63) is 30.0 Å². The van der Waals surface area contributed by atoms with Crippen molar-refractivity contribution in [1.29, 1.82) is 0 Å². The number of benzene rings is 1. The summed E-state index contributed by atoms with van der Waals surface area (Å²) in [5, 5.41) is 3.07. The molecule has 2 heterocycles. The number of halogens is 2. The van der Waals surface area contributed by atoms with Gasteiger partial charge in [0.2, 0.25) is 5.91 Å². The number of hydrogen-bond acceptors (Lipinski definition) is 4. The molecule has 1 fully saturated rings. The first-order valence-corrected chi connectivity index (χ1v) is 9.15. The second kappa shape index (κ2) is 7.93. The van der Waals surface area contributed by atoms with E-state index in [-0.39, 0.29) is 17.9 Å². The highest BCUT2D eigenvalue weighted by molar-refractivity contribution is 5.80. The van der Waals surface area contributed by atoms with Gasteiger partial charge in [-0.2, -0.15) is 0 Å². The molecule has 140 valence electrons. The number of hydrogen-bond donors (Lipinski definition) is 1. The van der Waals surface area contributed by atoms with Gasteiger partial charge in [-0.15, -0.1) is 0 Å². The predicted molar refractivity (Wildman–Crippen MR) is 96.9 cm³/mol. The van der Waals surface area contributed by atoms with Crippen molar-refractivity contribution in [3.63, 3.8) is 0 Å². The van der Waals surface area contributed by atoms with Crippen LogP contribution in [0.5, 0.6) is 0 Å². The Kier molecular flexibility index (Phi) is 5.64. The molecule has 1 aromatic carbocycles. The Morgan fingerprint density at radius 3 is 2.81 bits per heavy atom. The number of aromatic nitrogens is 2. The Labute approximate surface area is 151 Å². The van der Waals surface area contributed by atoms with E-state index in [9.17, 15) is 13.6 Å². The zero-order chi connectivity index (χ0) is 18.7. The summed E-state index contributed by atoms with van der Waals surface area (Å²) in [7, 11) is 0. The summed E-state index contributed by atoms with van der Waals surface area (Å²) in [6.45, 7) is 5.43. The number of nitrogens with one attached hydrogen (secondary N) is 1. The molecule has 1 aliphatic rings. The van der Waals surface area contributed by atoms with Gasteiger partial charge < -0.3 is 10.2 Å². The average molecular weight is 362 g/mol. The third-order valence-electron chi connectivity index (χ3n) is 4.80. The molecule has 1 saturated heterocycles. The maximum Gasteiger partial charge on any atom is 0.225 e. The summed E-state index contributed by atoms with van der Waals surface area (Å²) in [4.78, 5) is 23.1. The van der Waals surface area contributed by atoms with Crippen LogP contribution in [0, 0.1) is 17.6 Å². The van der Waals surface area contributed by atoms with E-state index in [0.29, 0.717) is 23.4 Å². The first-order valence-electron chi connectivity index (χ1n) is 9.15. The number of carbonyl (C=O) groups excluding carboxylic acids is 1. The fraction of sp³-hybridized carbons (Fsp3) is 0.526. The van der Waals surface area contributed by atoms with Crippen LogP contribution in [0.2, 0.25) is 0 Å². The SMILES string of the molecule is CCCC(C)NC(=O)C1CCCN(c2cnc3cc(F)c(F)cc3n2)C1. The summed E-state index contributed by atoms with van der Waals surface area (Å²) in [5.41, 5.74) is 0.622. The standard InChI is InChI=1S/C19H24F2N4O/c1-3-5-12(2)23-19(26)13-6-4-7-25(11-13)18-10-22-16-8-14(20)15(21)9-17(16)24-18/h8-10,12-13H,3-7,11H2,1-2H3,(H,23,26). The lowest BCUT2D eigenvalue weighted by Crippen LogP contribution is -2.45. The van der Waals surface area contributed by atoms with Gasteiger partial charge in [0.15, 0.2) is 11.6 Å². The van der Waals surface area contributed by atoms with E-state index in [0.717, 1.165) is 44.4 Å². The van der Waals surface area contributed by atoms with Crippen molar-refractivity contribution in [2.75, 3.05) is 18.0 Å². The minimum Gasteiger partial charge on any atom is -0.355 e. The topological polar surface area (TPSA) is 58.1 Å². The van der Waals surface area contributed by atoms with Gasteiger partial charge in [-0.05, 0) is 26.2 Å². The molecule has 0 radical (unpaired) electrons. The fourth-order valence-electron chi connectivity index (χ4n) is 3.42. The van der Waals surface area contributed by atoms with Crippen molar-refractivity contribution in [2.24, 2.45) is 5.92 Å². The molecule has 1 aliphatic heterocycles. The Morgan fingerprint density at radius 1 is 1.35 bits per heavy atom. The number of anilines is 1. The van der Waals surface area contributed by atoms with Crippen molar-refractivity contribution in [2.45, 2.75) is 45.6 Å². The Balaban J connectivity index is 1.74. The van der Waals surface area contributed by atoms with Crippen LogP contribution < -0.4 is 10.2 Å². The maximum atomic E-state index is 13.5. The Hall–Kier alpha value is -2.31. The zero-order valence-corrected chi connectivity index (χ0v) is 15.1. The van der Waals surface area contributed by atoms with Gasteiger partial charge in [0.1, 0.15) is 5.82 Å². The molecule has 26 heavy (non-hydrogen) atoms. The van der Waals surface area contributed by atoms with Gasteiger partial charge in [-0.25, -0.2) is 13.8 Å². The van der Waals surface area contributed by atoms with Gasteiger partial charge in [0.05, 0.1) is 23.1 Å². The molecular weight excluding hydrogens is 338 g/mol. The summed E-state index contributed by atoms with van der Waals surface area (Å²) in [6.07, 6.45) is 5.25. The second-order valence-electron chi connectivity index (χ2n) is 6.97. The quantitative estimate of drug-likeness (QED) is 0.885. The summed E-state index contributed by atoms with van der Waals surface area (Å²) in [5.74, 6) is -1.33. The van der Waals surface area contributed by atoms with Gasteiger partial charge in [-0.1, -0.05) is 13.3 Å². The summed E-state index contributed by atoms with van der Waals surface area (Å²) >= 11 is 0. The van der Waals surface area contributed by atoms with Gasteiger partial charge in [0.25, 0.3) is 0 Å². The molecule has 2 atom stereocenters. The lowest BCUT2D eigenvalue weighted by molar-refractivity contribution is -0.125. The smallest absolute Gasteiger partial charge is 0.225 e. The summed E-state index contributed by atoms with van der Waals surface area (Å²) in [6, 6.07) is 2.27. The minimum absolute atomic E-state index is 0.0671. The largest absolute Gasteiger partial charge is 0.355 e. The van der Waals surface area contributed by atoms with Crippen LogP contribution in [-0.2, 0) is 4.79 Å². The highest BCUT2D eigenvalue weighted by Gasteiger charge is 2.27. The molecule has 1 aromatic heterocycles. The molecule has 0 spiro atoms. The van der Waals surface area contributed by atoms with Gasteiger partial charge in [0, 0.05) is 31.3 Å². The zero-order valence-electron chi connectivity index (χ0n) is 15.1. The molecule has 0 saturated carbocycles. The molecule has 1 N–H and O–H groups in total. The van der Waals surface area contributed by atoms with Crippen LogP contribution >= 0.6 is 0 Å². The van der Waals surface area contributed by atoms with E-state index in [2.05, 4.69) is 22.2 Å². The van der Waals surface area contributed by atoms with Crippen molar-refractivity contribution in [1.82, 2.24) is 15.3 Å². The number of rotatable bonds is 5. The number of fused-ring (bicyclic) bond motifs is 1. The highest BCUT2D eigenvalue weighted by atomic mass is 19.2. The number of amides is 1. The molecule has 2 aromatic rings. The normalized spacial score (nSPS) is 18.8. The molecule has 1 amide bonds. The molecule has 5 nitrogen and oxygen atoms in total. The van der Waals surface area contributed by atoms with E-state index in [1.807, 2.05) is 11.8 Å². The predicted octanol–water partition coefficient (Wildman–Crippen LogP) is 3.43. The lowest BCUT2D eigenvalue weighted by Gasteiger charge is -2.33. The van der Waals surface area contributed by atoms with Crippen LogP contribution in [0.1, 0.15) is 39.5 Å². The molecule has 0 bridgehead atoms. The van der Waals surface area contributed by atoms with Gasteiger partial charge in [-0.3, -0.25) is 9.78 Å². The monoisotopic (exact) mass is 362 g/mol. The van der Waals surface area contributed by atoms with E-state index in [1.54, 1.807) is 6.20 Å². The van der Waals surface area contributed by atoms with Crippen LogP contribution in [0.3, 0.4) is 0 Å². The molecule has 3 rings (SSSR count). The number of piperidine rings is 1. The number of nitrogens with zero attached hydrogens (tertiary/aromatic N) is 3. The Morgan fingerprint density at radius 2 is 2.08 bits per heavy atom. The third kappa shape index (κ3) is 4.08. The van der Waals surface area contributed by atoms with E-state index in [1.165, 1.54) is 0 Å². The average Bonchev–Trinajstić information content (AvgIpc) is 2.62. The second-order valence-corrected chi connectivity index (χ2v) is 6.97. The third-order valence-corrected chi connectivity index (χ3v) is 4.80. The lowest BCUT2D eigenvalue weighted by atomic mass is 9.96. The molecular formula is C19H24F2N4O. The van der Waals surface area contributed by atoms with Gasteiger partial charge >= 0.3 is 0 Å². The van der Waals surface area contributed by atoms with E-state index < -0.39 is 11.6 Å². The fourth-order valence-corrected chi connectivity index (χ4v) is 3.42. The van der Waals surface area contributed by atoms with Crippen molar-refractivity contribution in [3.8, 4) is 0 Å². The van der Waals surface area contributed by atoms with E-state index in [4.69, 9.17) is 0 Å². The van der Waals surface area contributed by atoms with E-state index >= 15 is 0 Å². The first kappa shape index (κ1) is 18.5. The van der Waals surface area contributed by atoms with Crippen LogP contribution in [0.15, 0.2) is 18.3 Å². The van der Waals surface area contributed by atoms with Crippen molar-refractivity contribution >= 4 is 22.8 Å². The number of carbonyl (C=O) groups is 1. The van der Waals surface area contributed by atoms with Crippen LogP contribution in [0.25, 0.3) is 11.0 Å². The molecule has 7 heteroatoms. The molecule has 2 unspecified atom stereocenters.